The molecule has 4 nitrogen and oxygen atoms in total. The molecule has 0 radical (unpaired) electrons. The van der Waals surface area contributed by atoms with Crippen LogP contribution in [0.15, 0.2) is 36.5 Å². The number of halogens is 1. The molecule has 0 atom stereocenters. The number of aromatic carboxylic acids is 1. The van der Waals surface area contributed by atoms with Crippen LogP contribution in [0.25, 0.3) is 0 Å². The van der Waals surface area contributed by atoms with Gasteiger partial charge in [0.1, 0.15) is 5.82 Å². The summed E-state index contributed by atoms with van der Waals surface area (Å²) in [4.78, 5) is 14.9. The third-order valence-electron chi connectivity index (χ3n) is 2.47. The summed E-state index contributed by atoms with van der Waals surface area (Å²) in [5.41, 5.74) is 1.99. The molecule has 0 amide bonds. The van der Waals surface area contributed by atoms with Gasteiger partial charge >= 0.3 is 5.97 Å². The smallest absolute Gasteiger partial charge is 0.335 e. The van der Waals surface area contributed by atoms with Crippen molar-refractivity contribution in [2.45, 2.75) is 6.92 Å². The number of anilines is 2. The van der Waals surface area contributed by atoms with Crippen molar-refractivity contribution in [3.05, 3.63) is 52.7 Å². The van der Waals surface area contributed by atoms with Gasteiger partial charge in [0, 0.05) is 16.9 Å². The molecule has 0 spiro atoms. The van der Waals surface area contributed by atoms with E-state index in [1.165, 1.54) is 18.3 Å². The lowest BCUT2D eigenvalue weighted by molar-refractivity contribution is 0.0697. The van der Waals surface area contributed by atoms with Crippen molar-refractivity contribution < 1.29 is 9.90 Å². The van der Waals surface area contributed by atoms with Crippen molar-refractivity contribution in [1.29, 1.82) is 0 Å². The molecule has 0 aliphatic carbocycles. The molecule has 18 heavy (non-hydrogen) atoms. The molecule has 92 valence electrons. The summed E-state index contributed by atoms with van der Waals surface area (Å²) in [6.45, 7) is 1.93. The monoisotopic (exact) mass is 262 g/mol. The highest BCUT2D eigenvalue weighted by Gasteiger charge is 2.05. The topological polar surface area (TPSA) is 62.2 Å². The van der Waals surface area contributed by atoms with Gasteiger partial charge in [-0.3, -0.25) is 0 Å². The highest BCUT2D eigenvalue weighted by atomic mass is 35.5. The predicted octanol–water partition coefficient (Wildman–Crippen LogP) is 3.49. The highest BCUT2D eigenvalue weighted by Crippen LogP contribution is 2.23. The minimum Gasteiger partial charge on any atom is -0.478 e. The van der Waals surface area contributed by atoms with Crippen molar-refractivity contribution >= 4 is 29.1 Å². The number of rotatable bonds is 3. The zero-order chi connectivity index (χ0) is 13.1. The Balaban J connectivity index is 2.31. The lowest BCUT2D eigenvalue weighted by Gasteiger charge is -2.09. The second-order valence-corrected chi connectivity index (χ2v) is 4.26. The van der Waals surface area contributed by atoms with E-state index in [2.05, 4.69) is 10.3 Å². The van der Waals surface area contributed by atoms with Crippen LogP contribution in [0.5, 0.6) is 0 Å². The van der Waals surface area contributed by atoms with Gasteiger partial charge in [0.05, 0.1) is 5.56 Å². The standard InChI is InChI=1S/C13H11ClN2O2/c1-8-2-3-10(14)7-11(8)16-12-6-9(13(17)18)4-5-15-12/h2-7H,1H3,(H,15,16)(H,17,18). The summed E-state index contributed by atoms with van der Waals surface area (Å²) >= 11 is 5.91. The van der Waals surface area contributed by atoms with Gasteiger partial charge < -0.3 is 10.4 Å². The van der Waals surface area contributed by atoms with Crippen LogP contribution < -0.4 is 5.32 Å². The van der Waals surface area contributed by atoms with Crippen molar-refractivity contribution in [1.82, 2.24) is 4.98 Å². The lowest BCUT2D eigenvalue weighted by atomic mass is 10.2. The number of benzene rings is 1. The molecule has 2 rings (SSSR count). The molecule has 0 fully saturated rings. The van der Waals surface area contributed by atoms with Crippen LogP contribution in [0.2, 0.25) is 5.02 Å². The first-order valence-electron chi connectivity index (χ1n) is 5.29. The number of aromatic nitrogens is 1. The molecule has 0 bridgehead atoms. The molecule has 1 aromatic heterocycles. The zero-order valence-electron chi connectivity index (χ0n) is 9.64. The molecule has 2 aromatic rings. The maximum atomic E-state index is 10.8. The minimum atomic E-state index is -0.983. The van der Waals surface area contributed by atoms with E-state index in [9.17, 15) is 4.79 Å². The first-order valence-corrected chi connectivity index (χ1v) is 5.66. The van der Waals surface area contributed by atoms with Gasteiger partial charge in [-0.05, 0) is 36.8 Å². The SMILES string of the molecule is Cc1ccc(Cl)cc1Nc1cc(C(=O)O)ccn1. The van der Waals surface area contributed by atoms with E-state index in [1.807, 2.05) is 13.0 Å². The molecule has 0 saturated heterocycles. The number of hydrogen-bond donors (Lipinski definition) is 2. The molecule has 1 aromatic carbocycles. The molecule has 0 unspecified atom stereocenters. The fourth-order valence-corrected chi connectivity index (χ4v) is 1.67. The van der Waals surface area contributed by atoms with Gasteiger partial charge in [-0.15, -0.1) is 0 Å². The summed E-state index contributed by atoms with van der Waals surface area (Å²) in [5.74, 6) is -0.511. The molecule has 0 aliphatic heterocycles. The molecular weight excluding hydrogens is 252 g/mol. The summed E-state index contributed by atoms with van der Waals surface area (Å²) < 4.78 is 0. The van der Waals surface area contributed by atoms with Gasteiger partial charge in [0.2, 0.25) is 0 Å². The number of pyridine rings is 1. The lowest BCUT2D eigenvalue weighted by Crippen LogP contribution is -2.00. The zero-order valence-corrected chi connectivity index (χ0v) is 10.4. The fourth-order valence-electron chi connectivity index (χ4n) is 1.50. The Morgan fingerprint density at radius 3 is 2.83 bits per heavy atom. The molecule has 0 aliphatic rings. The van der Waals surface area contributed by atoms with Crippen LogP contribution in [-0.4, -0.2) is 16.1 Å². The van der Waals surface area contributed by atoms with E-state index in [-0.39, 0.29) is 5.56 Å². The molecule has 5 heteroatoms. The van der Waals surface area contributed by atoms with Crippen molar-refractivity contribution in [2.75, 3.05) is 5.32 Å². The van der Waals surface area contributed by atoms with Gasteiger partial charge in [-0.25, -0.2) is 9.78 Å². The summed E-state index contributed by atoms with van der Waals surface area (Å²) in [6.07, 6.45) is 1.45. The minimum absolute atomic E-state index is 0.187. The van der Waals surface area contributed by atoms with Crippen LogP contribution >= 0.6 is 11.6 Å². The highest BCUT2D eigenvalue weighted by molar-refractivity contribution is 6.30. The van der Waals surface area contributed by atoms with E-state index in [1.54, 1.807) is 12.1 Å². The Morgan fingerprint density at radius 1 is 1.33 bits per heavy atom. The van der Waals surface area contributed by atoms with Crippen molar-refractivity contribution in [2.24, 2.45) is 0 Å². The number of hydrogen-bond acceptors (Lipinski definition) is 3. The van der Waals surface area contributed by atoms with Crippen LogP contribution in [0.1, 0.15) is 15.9 Å². The predicted molar refractivity (Wildman–Crippen MR) is 70.7 cm³/mol. The second kappa shape index (κ2) is 5.06. The molecule has 2 N–H and O–H groups in total. The maximum Gasteiger partial charge on any atom is 0.335 e. The number of carboxylic acid groups (broad SMARTS) is 1. The Bertz CT molecular complexity index is 599. The van der Waals surface area contributed by atoms with Crippen LogP contribution in [-0.2, 0) is 0 Å². The Hall–Kier alpha value is -2.07. The van der Waals surface area contributed by atoms with Crippen LogP contribution in [0.4, 0.5) is 11.5 Å². The Morgan fingerprint density at radius 2 is 2.11 bits per heavy atom. The maximum absolute atomic E-state index is 10.8. The first-order chi connectivity index (χ1) is 8.56. The van der Waals surface area contributed by atoms with Gasteiger partial charge in [0.15, 0.2) is 0 Å². The normalized spacial score (nSPS) is 10.1. The fraction of sp³-hybridized carbons (Fsp3) is 0.0769. The Kier molecular flexibility index (Phi) is 3.48. The van der Waals surface area contributed by atoms with Gasteiger partial charge in [-0.2, -0.15) is 0 Å². The summed E-state index contributed by atoms with van der Waals surface area (Å²) in [5, 5.41) is 12.6. The third-order valence-corrected chi connectivity index (χ3v) is 2.70. The number of carbonyl (C=O) groups is 1. The van der Waals surface area contributed by atoms with E-state index >= 15 is 0 Å². The number of nitrogens with zero attached hydrogens (tertiary/aromatic N) is 1. The Labute approximate surface area is 109 Å². The number of carboxylic acids is 1. The number of nitrogens with one attached hydrogen (secondary N) is 1. The van der Waals surface area contributed by atoms with Gasteiger partial charge in [-0.1, -0.05) is 17.7 Å². The van der Waals surface area contributed by atoms with Crippen LogP contribution in [0, 0.1) is 6.92 Å². The second-order valence-electron chi connectivity index (χ2n) is 3.82. The quantitative estimate of drug-likeness (QED) is 0.889. The van der Waals surface area contributed by atoms with Crippen molar-refractivity contribution in [3.8, 4) is 0 Å². The summed E-state index contributed by atoms with van der Waals surface area (Å²) in [7, 11) is 0. The average Bonchev–Trinajstić information content (AvgIpc) is 2.34. The van der Waals surface area contributed by atoms with E-state index in [4.69, 9.17) is 16.7 Å². The first kappa shape index (κ1) is 12.4. The molecule has 0 saturated carbocycles. The molecule has 1 heterocycles. The van der Waals surface area contributed by atoms with E-state index < -0.39 is 5.97 Å². The third kappa shape index (κ3) is 2.78. The molecular formula is C13H11ClN2O2. The average molecular weight is 263 g/mol. The largest absolute Gasteiger partial charge is 0.478 e. The number of aryl methyl sites for hydroxylation is 1. The van der Waals surface area contributed by atoms with Crippen molar-refractivity contribution in [3.63, 3.8) is 0 Å². The van der Waals surface area contributed by atoms with Crippen LogP contribution in [0.3, 0.4) is 0 Å². The van der Waals surface area contributed by atoms with E-state index in [0.29, 0.717) is 10.8 Å². The van der Waals surface area contributed by atoms with Gasteiger partial charge in [0.25, 0.3) is 0 Å². The van der Waals surface area contributed by atoms with E-state index in [0.717, 1.165) is 11.3 Å². The summed E-state index contributed by atoms with van der Waals surface area (Å²) in [6, 6.07) is 8.36.